The fourth-order valence-electron chi connectivity index (χ4n) is 5.08. The molecule has 220 valence electrons. The van der Waals surface area contributed by atoms with Crippen LogP contribution < -0.4 is 0 Å². The zero-order chi connectivity index (χ0) is 30.3. The van der Waals surface area contributed by atoms with E-state index in [2.05, 4.69) is 54.6 Å². The summed E-state index contributed by atoms with van der Waals surface area (Å²) >= 11 is 0. The van der Waals surface area contributed by atoms with Gasteiger partial charge in [0.1, 0.15) is 0 Å². The molecule has 0 aliphatic rings. The van der Waals surface area contributed by atoms with E-state index >= 15 is 0 Å². The van der Waals surface area contributed by atoms with Crippen molar-refractivity contribution in [3.05, 3.63) is 132 Å². The Bertz CT molecular complexity index is 1640. The van der Waals surface area contributed by atoms with E-state index in [0.29, 0.717) is 19.3 Å². The van der Waals surface area contributed by atoms with Crippen molar-refractivity contribution in [1.82, 2.24) is 0 Å². The second-order valence-electron chi connectivity index (χ2n) is 10.6. The molecule has 0 spiro atoms. The molecule has 5 nitrogen and oxygen atoms in total. The first kappa shape index (κ1) is 31.2. The maximum atomic E-state index is 11.9. The molecule has 5 aromatic carbocycles. The van der Waals surface area contributed by atoms with Gasteiger partial charge >= 0.3 is 17.9 Å². The monoisotopic (exact) mass is 574 g/mol. The van der Waals surface area contributed by atoms with E-state index in [1.165, 1.54) is 38.2 Å². The van der Waals surface area contributed by atoms with E-state index in [-0.39, 0.29) is 19.3 Å². The summed E-state index contributed by atoms with van der Waals surface area (Å²) in [6.07, 6.45) is 5.26. The minimum absolute atomic E-state index is 0.243. The summed E-state index contributed by atoms with van der Waals surface area (Å²) in [7, 11) is 0. The Balaban J connectivity index is 0.000000225. The number of hydrogen-bond donors (Lipinski definition) is 1. The highest BCUT2D eigenvalue weighted by Gasteiger charge is 2.11. The van der Waals surface area contributed by atoms with Crippen molar-refractivity contribution in [2.24, 2.45) is 0 Å². The Kier molecular flexibility index (Phi) is 12.0. The Hall–Kier alpha value is -4.77. The third-order valence-corrected chi connectivity index (χ3v) is 7.29. The Morgan fingerprint density at radius 2 is 1.09 bits per heavy atom. The van der Waals surface area contributed by atoms with Gasteiger partial charge in [0.2, 0.25) is 0 Å². The van der Waals surface area contributed by atoms with Crippen molar-refractivity contribution in [2.75, 3.05) is 0 Å². The Morgan fingerprint density at radius 3 is 1.84 bits per heavy atom. The molecule has 0 atom stereocenters. The number of carbonyl (C=O) groups is 3. The number of benzene rings is 5. The molecule has 0 aliphatic carbocycles. The number of fused-ring (bicyclic) bond motifs is 2. The van der Waals surface area contributed by atoms with Crippen molar-refractivity contribution in [3.8, 4) is 0 Å². The molecule has 1 N–H and O–H groups in total. The number of ether oxygens (including phenoxy) is 1. The van der Waals surface area contributed by atoms with Crippen LogP contribution in [0, 0.1) is 0 Å². The number of carboxylic acid groups (broad SMARTS) is 1. The van der Waals surface area contributed by atoms with Gasteiger partial charge in [0.05, 0.1) is 0 Å². The molecule has 0 heterocycles. The molecule has 5 heteroatoms. The third-order valence-electron chi connectivity index (χ3n) is 7.29. The molecular formula is C38H38O5. The average molecular weight is 575 g/mol. The van der Waals surface area contributed by atoms with Crippen LogP contribution in [0.25, 0.3) is 21.5 Å². The van der Waals surface area contributed by atoms with Crippen LogP contribution in [0.1, 0.15) is 55.2 Å². The second kappa shape index (κ2) is 16.6. The second-order valence-corrected chi connectivity index (χ2v) is 10.6. The predicted molar refractivity (Wildman–Crippen MR) is 172 cm³/mol. The summed E-state index contributed by atoms with van der Waals surface area (Å²) in [6, 6.07) is 38.9. The number of carbonyl (C=O) groups excluding carboxylic acids is 2. The van der Waals surface area contributed by atoms with Crippen molar-refractivity contribution in [2.45, 2.75) is 57.8 Å². The highest BCUT2D eigenvalue weighted by atomic mass is 16.6. The van der Waals surface area contributed by atoms with Gasteiger partial charge in [0, 0.05) is 19.3 Å². The van der Waals surface area contributed by atoms with Crippen molar-refractivity contribution in [1.29, 1.82) is 0 Å². The van der Waals surface area contributed by atoms with Crippen LogP contribution in [0.3, 0.4) is 0 Å². The number of esters is 2. The van der Waals surface area contributed by atoms with E-state index in [4.69, 9.17) is 9.84 Å². The highest BCUT2D eigenvalue weighted by Crippen LogP contribution is 2.20. The summed E-state index contributed by atoms with van der Waals surface area (Å²) < 4.78 is 4.94. The lowest BCUT2D eigenvalue weighted by atomic mass is 10.0. The first-order valence-corrected chi connectivity index (χ1v) is 14.9. The molecular weight excluding hydrogens is 536 g/mol. The lowest BCUT2D eigenvalue weighted by Crippen LogP contribution is -2.12. The van der Waals surface area contributed by atoms with Crippen LogP contribution in [-0.4, -0.2) is 23.0 Å². The Morgan fingerprint density at radius 1 is 0.512 bits per heavy atom. The standard InChI is InChI=1S/C24H24O3.C14H14O2/c25-23(17-6-11-19-9-2-1-3-10-19)27-24(26)18-8-15-21-14-7-13-20-12-4-5-16-22(20)21;15-14(16)7-3-4-11-8-9-12-5-1-2-6-13(12)10-11/h1-5,7,9-10,12-14,16H,6,8,11,15,17-18H2;1-2,5-6,8-10H,3-4,7H2,(H,15,16). The van der Waals surface area contributed by atoms with Gasteiger partial charge in [-0.15, -0.1) is 0 Å². The number of carboxylic acids is 1. The van der Waals surface area contributed by atoms with Crippen molar-refractivity contribution >= 4 is 39.5 Å². The smallest absolute Gasteiger partial charge is 0.313 e. The van der Waals surface area contributed by atoms with Gasteiger partial charge in [-0.3, -0.25) is 14.4 Å². The van der Waals surface area contributed by atoms with Gasteiger partial charge in [-0.1, -0.05) is 115 Å². The van der Waals surface area contributed by atoms with Crippen LogP contribution in [0.4, 0.5) is 0 Å². The lowest BCUT2D eigenvalue weighted by molar-refractivity contribution is -0.159. The minimum atomic E-state index is -0.721. The van der Waals surface area contributed by atoms with Gasteiger partial charge in [-0.05, 0) is 76.8 Å². The van der Waals surface area contributed by atoms with E-state index in [0.717, 1.165) is 19.3 Å². The molecule has 0 aliphatic heterocycles. The molecule has 0 aromatic heterocycles. The van der Waals surface area contributed by atoms with E-state index in [9.17, 15) is 14.4 Å². The fourth-order valence-corrected chi connectivity index (χ4v) is 5.08. The van der Waals surface area contributed by atoms with Crippen LogP contribution in [0.2, 0.25) is 0 Å². The lowest BCUT2D eigenvalue weighted by Gasteiger charge is -2.07. The van der Waals surface area contributed by atoms with Crippen LogP contribution in [0.15, 0.2) is 115 Å². The van der Waals surface area contributed by atoms with Crippen LogP contribution >= 0.6 is 0 Å². The zero-order valence-corrected chi connectivity index (χ0v) is 24.4. The van der Waals surface area contributed by atoms with E-state index < -0.39 is 17.9 Å². The van der Waals surface area contributed by atoms with Gasteiger partial charge in [0.15, 0.2) is 0 Å². The van der Waals surface area contributed by atoms with E-state index in [1.807, 2.05) is 60.7 Å². The van der Waals surface area contributed by atoms with Gasteiger partial charge < -0.3 is 9.84 Å². The molecule has 5 rings (SSSR count). The minimum Gasteiger partial charge on any atom is -0.481 e. The number of hydrogen-bond acceptors (Lipinski definition) is 4. The van der Waals surface area contributed by atoms with E-state index in [1.54, 1.807) is 0 Å². The number of aryl methyl sites for hydroxylation is 3. The molecule has 0 fully saturated rings. The zero-order valence-electron chi connectivity index (χ0n) is 24.4. The first-order chi connectivity index (χ1) is 21.0. The molecule has 0 unspecified atom stereocenters. The fraction of sp³-hybridized carbons (Fsp3) is 0.237. The maximum Gasteiger partial charge on any atom is 0.313 e. The van der Waals surface area contributed by atoms with Crippen LogP contribution in [-0.2, 0) is 38.4 Å². The summed E-state index contributed by atoms with van der Waals surface area (Å²) in [5.74, 6) is -1.58. The molecule has 0 saturated heterocycles. The predicted octanol–water partition coefficient (Wildman–Crippen LogP) is 8.50. The molecule has 0 amide bonds. The quantitative estimate of drug-likeness (QED) is 0.119. The van der Waals surface area contributed by atoms with Crippen molar-refractivity contribution < 1.29 is 24.2 Å². The summed E-state index contributed by atoms with van der Waals surface area (Å²) in [5, 5.41) is 13.4. The summed E-state index contributed by atoms with van der Waals surface area (Å²) in [6.45, 7) is 0. The van der Waals surface area contributed by atoms with Crippen LogP contribution in [0.5, 0.6) is 0 Å². The van der Waals surface area contributed by atoms with Gasteiger partial charge in [-0.2, -0.15) is 0 Å². The number of aliphatic carboxylic acids is 1. The summed E-state index contributed by atoms with van der Waals surface area (Å²) in [5.41, 5.74) is 3.61. The molecule has 5 aromatic rings. The first-order valence-electron chi connectivity index (χ1n) is 14.9. The topological polar surface area (TPSA) is 80.7 Å². The average Bonchev–Trinajstić information content (AvgIpc) is 3.02. The number of rotatable bonds is 12. The third kappa shape index (κ3) is 10.5. The molecule has 43 heavy (non-hydrogen) atoms. The SMILES string of the molecule is O=C(CCCc1ccccc1)OC(=O)CCCc1cccc2ccccc12.O=C(O)CCCc1ccc2ccccc2c1. The molecule has 0 saturated carbocycles. The summed E-state index contributed by atoms with van der Waals surface area (Å²) in [4.78, 5) is 34.1. The Labute approximate surface area is 253 Å². The molecule has 0 bridgehead atoms. The van der Waals surface area contributed by atoms with Gasteiger partial charge in [-0.25, -0.2) is 0 Å². The van der Waals surface area contributed by atoms with Crippen molar-refractivity contribution in [3.63, 3.8) is 0 Å². The normalized spacial score (nSPS) is 10.6. The maximum absolute atomic E-state index is 11.9. The van der Waals surface area contributed by atoms with Gasteiger partial charge in [0.25, 0.3) is 0 Å². The largest absolute Gasteiger partial charge is 0.481 e. The molecule has 0 radical (unpaired) electrons. The highest BCUT2D eigenvalue weighted by molar-refractivity contribution is 5.87.